The van der Waals surface area contributed by atoms with Gasteiger partial charge in [0, 0.05) is 10.9 Å². The molecule has 2 nitrogen and oxygen atoms in total. The summed E-state index contributed by atoms with van der Waals surface area (Å²) in [5.41, 5.74) is 4.26. The fraction of sp³-hybridized carbons (Fsp3) is 0.105. The molecule has 108 valence electrons. The summed E-state index contributed by atoms with van der Waals surface area (Å²) in [4.78, 5) is 0. The maximum atomic E-state index is 13.7. The van der Waals surface area contributed by atoms with Crippen molar-refractivity contribution >= 4 is 16.3 Å². The van der Waals surface area contributed by atoms with Crippen LogP contribution in [0.25, 0.3) is 27.5 Å². The zero-order valence-corrected chi connectivity index (χ0v) is 12.3. The van der Waals surface area contributed by atoms with Gasteiger partial charge in [-0.1, -0.05) is 43.3 Å². The molecule has 0 bridgehead atoms. The Balaban J connectivity index is 2.18. The lowest BCUT2D eigenvalue weighted by Gasteiger charge is -2.10. The van der Waals surface area contributed by atoms with Crippen molar-refractivity contribution in [1.29, 1.82) is 0 Å². The number of halogens is 1. The zero-order valence-electron chi connectivity index (χ0n) is 12.3. The Morgan fingerprint density at radius 2 is 1.86 bits per heavy atom. The number of aryl methyl sites for hydroxylation is 1. The first kappa shape index (κ1) is 13.0. The average molecular weight is 290 g/mol. The van der Waals surface area contributed by atoms with E-state index in [1.54, 1.807) is 6.07 Å². The quantitative estimate of drug-likeness (QED) is 0.515. The molecule has 2 aromatic carbocycles. The Kier molecular flexibility index (Phi) is 2.93. The molecule has 0 aliphatic heterocycles. The van der Waals surface area contributed by atoms with Crippen molar-refractivity contribution in [1.82, 2.24) is 9.61 Å². The minimum atomic E-state index is -0.217. The van der Waals surface area contributed by atoms with E-state index < -0.39 is 0 Å². The van der Waals surface area contributed by atoms with Crippen LogP contribution in [0.2, 0.25) is 0 Å². The molecule has 0 atom stereocenters. The van der Waals surface area contributed by atoms with Crippen molar-refractivity contribution in [3.63, 3.8) is 0 Å². The summed E-state index contributed by atoms with van der Waals surface area (Å²) in [6.45, 7) is 2.09. The smallest absolute Gasteiger partial charge is 0.123 e. The van der Waals surface area contributed by atoms with Crippen LogP contribution in [0.4, 0.5) is 4.39 Å². The molecule has 0 N–H and O–H groups in total. The van der Waals surface area contributed by atoms with E-state index in [2.05, 4.69) is 30.2 Å². The maximum absolute atomic E-state index is 13.7. The first-order chi connectivity index (χ1) is 10.8. The summed E-state index contributed by atoms with van der Waals surface area (Å²) in [5.74, 6) is -0.217. The second-order valence-electron chi connectivity index (χ2n) is 5.41. The summed E-state index contributed by atoms with van der Waals surface area (Å²) < 4.78 is 15.6. The molecular weight excluding hydrogens is 275 g/mol. The van der Waals surface area contributed by atoms with Gasteiger partial charge in [-0.05, 0) is 35.6 Å². The number of pyridine rings is 1. The number of aromatic nitrogens is 2. The number of nitrogens with zero attached hydrogens (tertiary/aromatic N) is 2. The highest BCUT2D eigenvalue weighted by molar-refractivity contribution is 5.99. The van der Waals surface area contributed by atoms with E-state index in [0.29, 0.717) is 0 Å². The molecule has 2 aromatic heterocycles. The van der Waals surface area contributed by atoms with Crippen molar-refractivity contribution in [2.45, 2.75) is 13.3 Å². The minimum absolute atomic E-state index is 0.217. The van der Waals surface area contributed by atoms with Gasteiger partial charge in [0.1, 0.15) is 5.82 Å². The normalized spacial score (nSPS) is 11.4. The Bertz CT molecular complexity index is 971. The Morgan fingerprint density at radius 3 is 2.64 bits per heavy atom. The van der Waals surface area contributed by atoms with Crippen molar-refractivity contribution < 1.29 is 4.39 Å². The first-order valence-electron chi connectivity index (χ1n) is 7.42. The Hall–Kier alpha value is -2.68. The van der Waals surface area contributed by atoms with Crippen LogP contribution in [-0.2, 0) is 6.42 Å². The Labute approximate surface area is 127 Å². The number of hydrogen-bond acceptors (Lipinski definition) is 1. The molecule has 0 saturated heterocycles. The SMILES string of the molecule is CCc1cnn2c(-c3ccccc3)cc3ccc(F)cc3c12. The van der Waals surface area contributed by atoms with Gasteiger partial charge in [-0.3, -0.25) is 0 Å². The highest BCUT2D eigenvalue weighted by atomic mass is 19.1. The number of rotatable bonds is 2. The highest BCUT2D eigenvalue weighted by Gasteiger charge is 2.13. The van der Waals surface area contributed by atoms with Gasteiger partial charge in [0.15, 0.2) is 0 Å². The van der Waals surface area contributed by atoms with Crippen molar-refractivity contribution in [2.24, 2.45) is 0 Å². The Morgan fingerprint density at radius 1 is 1.05 bits per heavy atom. The van der Waals surface area contributed by atoms with Crippen molar-refractivity contribution in [3.8, 4) is 11.3 Å². The molecule has 4 aromatic rings. The maximum Gasteiger partial charge on any atom is 0.123 e. The second-order valence-corrected chi connectivity index (χ2v) is 5.41. The lowest BCUT2D eigenvalue weighted by atomic mass is 10.0. The monoisotopic (exact) mass is 290 g/mol. The van der Waals surface area contributed by atoms with E-state index in [9.17, 15) is 4.39 Å². The third kappa shape index (κ3) is 1.90. The summed E-state index contributed by atoms with van der Waals surface area (Å²) in [6.07, 6.45) is 2.75. The van der Waals surface area contributed by atoms with Crippen LogP contribution < -0.4 is 0 Å². The summed E-state index contributed by atoms with van der Waals surface area (Å²) >= 11 is 0. The van der Waals surface area contributed by atoms with Crippen LogP contribution in [-0.4, -0.2) is 9.61 Å². The van der Waals surface area contributed by atoms with Gasteiger partial charge in [0.2, 0.25) is 0 Å². The summed E-state index contributed by atoms with van der Waals surface area (Å²) in [5, 5.41) is 6.48. The van der Waals surface area contributed by atoms with Gasteiger partial charge in [0.25, 0.3) is 0 Å². The molecule has 0 spiro atoms. The lowest BCUT2D eigenvalue weighted by molar-refractivity contribution is 0.630. The van der Waals surface area contributed by atoms with Gasteiger partial charge < -0.3 is 0 Å². The molecule has 0 amide bonds. The number of benzene rings is 2. The fourth-order valence-electron chi connectivity index (χ4n) is 2.99. The molecule has 3 heteroatoms. The molecule has 4 rings (SSSR count). The molecule has 0 fully saturated rings. The number of hydrogen-bond donors (Lipinski definition) is 0. The molecule has 0 saturated carbocycles. The predicted octanol–water partition coefficient (Wildman–Crippen LogP) is 4.86. The summed E-state index contributed by atoms with van der Waals surface area (Å²) in [6, 6.07) is 17.2. The molecule has 22 heavy (non-hydrogen) atoms. The molecule has 0 radical (unpaired) electrons. The topological polar surface area (TPSA) is 17.3 Å². The van der Waals surface area contributed by atoms with E-state index >= 15 is 0 Å². The van der Waals surface area contributed by atoms with Crippen LogP contribution in [0, 0.1) is 5.82 Å². The lowest BCUT2D eigenvalue weighted by Crippen LogP contribution is -1.96. The van der Waals surface area contributed by atoms with Crippen LogP contribution in [0.5, 0.6) is 0 Å². The van der Waals surface area contributed by atoms with Crippen molar-refractivity contribution in [3.05, 3.63) is 72.2 Å². The first-order valence-corrected chi connectivity index (χ1v) is 7.42. The van der Waals surface area contributed by atoms with Gasteiger partial charge in [-0.2, -0.15) is 5.10 Å². The predicted molar refractivity (Wildman–Crippen MR) is 87.5 cm³/mol. The van der Waals surface area contributed by atoms with E-state index in [1.165, 1.54) is 6.07 Å². The standard InChI is InChI=1S/C19H15FN2/c1-2-13-12-21-22-18(14-6-4-3-5-7-14)10-15-8-9-16(20)11-17(15)19(13)22/h3-12H,2H2,1H3. The summed E-state index contributed by atoms with van der Waals surface area (Å²) in [7, 11) is 0. The van der Waals surface area contributed by atoms with E-state index in [1.807, 2.05) is 35.0 Å². The van der Waals surface area contributed by atoms with Gasteiger partial charge in [0.05, 0.1) is 17.4 Å². The van der Waals surface area contributed by atoms with E-state index in [0.717, 1.165) is 39.5 Å². The van der Waals surface area contributed by atoms with Gasteiger partial charge in [-0.15, -0.1) is 0 Å². The zero-order chi connectivity index (χ0) is 15.1. The van der Waals surface area contributed by atoms with Crippen LogP contribution in [0.15, 0.2) is 60.8 Å². The van der Waals surface area contributed by atoms with Crippen LogP contribution in [0.3, 0.4) is 0 Å². The highest BCUT2D eigenvalue weighted by Crippen LogP contribution is 2.30. The van der Waals surface area contributed by atoms with E-state index in [-0.39, 0.29) is 5.82 Å². The van der Waals surface area contributed by atoms with Crippen molar-refractivity contribution in [2.75, 3.05) is 0 Å². The van der Waals surface area contributed by atoms with Gasteiger partial charge >= 0.3 is 0 Å². The molecule has 0 aliphatic carbocycles. The molecule has 2 heterocycles. The molecule has 0 aliphatic rings. The van der Waals surface area contributed by atoms with Crippen LogP contribution >= 0.6 is 0 Å². The fourth-order valence-corrected chi connectivity index (χ4v) is 2.99. The second kappa shape index (κ2) is 4.95. The van der Waals surface area contributed by atoms with Gasteiger partial charge in [-0.25, -0.2) is 8.91 Å². The van der Waals surface area contributed by atoms with Crippen LogP contribution in [0.1, 0.15) is 12.5 Å². The number of fused-ring (bicyclic) bond motifs is 3. The molecule has 0 unspecified atom stereocenters. The molecular formula is C19H15FN2. The largest absolute Gasteiger partial charge is 0.232 e. The van der Waals surface area contributed by atoms with E-state index in [4.69, 9.17) is 0 Å². The third-order valence-corrected chi connectivity index (χ3v) is 4.09. The third-order valence-electron chi connectivity index (χ3n) is 4.09. The minimum Gasteiger partial charge on any atom is -0.232 e. The average Bonchev–Trinajstić information content (AvgIpc) is 2.99.